The first-order chi connectivity index (χ1) is 15.4. The third-order valence-electron chi connectivity index (χ3n) is 4.87. The van der Waals surface area contributed by atoms with E-state index in [4.69, 9.17) is 4.74 Å². The van der Waals surface area contributed by atoms with Crippen LogP contribution in [0.25, 0.3) is 11.8 Å². The van der Waals surface area contributed by atoms with Gasteiger partial charge in [-0.25, -0.2) is 17.9 Å². The summed E-state index contributed by atoms with van der Waals surface area (Å²) in [7, 11) is -3.21. The quantitative estimate of drug-likeness (QED) is 0.437. The average Bonchev–Trinajstić information content (AvgIpc) is 3.36. The van der Waals surface area contributed by atoms with Crippen LogP contribution in [0.5, 0.6) is 0 Å². The van der Waals surface area contributed by atoms with Gasteiger partial charge in [-0.05, 0) is 37.1 Å². The van der Waals surface area contributed by atoms with Gasteiger partial charge in [-0.3, -0.25) is 4.79 Å². The van der Waals surface area contributed by atoms with Crippen LogP contribution in [-0.2, 0) is 31.5 Å². The summed E-state index contributed by atoms with van der Waals surface area (Å²) >= 11 is 1.11. The number of aromatic nitrogens is 2. The lowest BCUT2D eigenvalue weighted by atomic mass is 10.1. The fraction of sp³-hybridized carbons (Fsp3) is 0.227. The molecule has 8 nitrogen and oxygen atoms in total. The van der Waals surface area contributed by atoms with Crippen molar-refractivity contribution in [1.82, 2.24) is 9.78 Å². The first-order valence-electron chi connectivity index (χ1n) is 9.97. The minimum absolute atomic E-state index is 0.0260. The van der Waals surface area contributed by atoms with Gasteiger partial charge in [-0.2, -0.15) is 5.10 Å². The highest BCUT2D eigenvalue weighted by Crippen LogP contribution is 2.38. The molecule has 0 fully saturated rings. The van der Waals surface area contributed by atoms with Gasteiger partial charge in [-0.1, -0.05) is 18.2 Å². The van der Waals surface area contributed by atoms with Crippen LogP contribution < -0.4 is 5.32 Å². The van der Waals surface area contributed by atoms with Gasteiger partial charge in [0.2, 0.25) is 5.91 Å². The van der Waals surface area contributed by atoms with E-state index in [1.165, 1.54) is 6.08 Å². The number of nitrogens with one attached hydrogen (secondary N) is 1. The van der Waals surface area contributed by atoms with E-state index >= 15 is 0 Å². The largest absolute Gasteiger partial charge is 0.462 e. The summed E-state index contributed by atoms with van der Waals surface area (Å²) in [6, 6.07) is 9.58. The second kappa shape index (κ2) is 9.09. The lowest BCUT2D eigenvalue weighted by molar-refractivity contribution is -0.111. The maximum absolute atomic E-state index is 12.5. The fourth-order valence-corrected chi connectivity index (χ4v) is 6.44. The predicted molar refractivity (Wildman–Crippen MR) is 123 cm³/mol. The Labute approximate surface area is 189 Å². The highest BCUT2D eigenvalue weighted by atomic mass is 32.2. The van der Waals surface area contributed by atoms with Crippen molar-refractivity contribution in [3.8, 4) is 5.69 Å². The first kappa shape index (κ1) is 22.0. The number of hydrogen-bond donors (Lipinski definition) is 1. The third kappa shape index (κ3) is 4.81. The first-order valence-corrected chi connectivity index (χ1v) is 12.6. The molecular formula is C22H21N3O5S2. The van der Waals surface area contributed by atoms with Gasteiger partial charge in [-0.15, -0.1) is 11.3 Å². The summed E-state index contributed by atoms with van der Waals surface area (Å²) in [4.78, 5) is 25.6. The molecule has 3 heterocycles. The van der Waals surface area contributed by atoms with Gasteiger partial charge < -0.3 is 10.1 Å². The molecule has 1 aromatic carbocycles. The summed E-state index contributed by atoms with van der Waals surface area (Å²) < 4.78 is 30.8. The molecule has 0 aliphatic carbocycles. The van der Waals surface area contributed by atoms with Gasteiger partial charge in [0.1, 0.15) is 5.00 Å². The maximum Gasteiger partial charge on any atom is 0.341 e. The summed E-state index contributed by atoms with van der Waals surface area (Å²) in [5, 5.41) is 7.30. The van der Waals surface area contributed by atoms with Crippen molar-refractivity contribution >= 4 is 44.1 Å². The minimum Gasteiger partial charge on any atom is -0.462 e. The Morgan fingerprint density at radius 2 is 2.06 bits per heavy atom. The number of sulfone groups is 1. The molecule has 0 saturated carbocycles. The summed E-state index contributed by atoms with van der Waals surface area (Å²) in [5.41, 5.74) is 2.52. The van der Waals surface area contributed by atoms with Crippen LogP contribution in [-0.4, -0.2) is 42.4 Å². The van der Waals surface area contributed by atoms with E-state index in [0.717, 1.165) is 22.6 Å². The second-order valence-corrected chi connectivity index (χ2v) is 10.4. The molecule has 1 amide bonds. The number of benzene rings is 1. The molecule has 32 heavy (non-hydrogen) atoms. The number of anilines is 1. The molecule has 0 unspecified atom stereocenters. The van der Waals surface area contributed by atoms with Crippen LogP contribution in [0.2, 0.25) is 0 Å². The van der Waals surface area contributed by atoms with Gasteiger partial charge in [0, 0.05) is 22.7 Å². The highest BCUT2D eigenvalue weighted by Gasteiger charge is 2.31. The number of carbonyl (C=O) groups excluding carboxylic acids is 2. The standard InChI is InChI=1S/C22H21N3O5S2/c1-2-30-22(27)20-17-10-11-32(28,29)14-18(17)31-21(20)24-19(26)9-8-15-12-23-25(13-15)16-6-4-3-5-7-16/h3-9,12-13H,2,10-11,14H2,1H3,(H,24,26)/b9-8+. The lowest BCUT2D eigenvalue weighted by Crippen LogP contribution is -2.20. The summed E-state index contributed by atoms with van der Waals surface area (Å²) in [5.74, 6) is -1.16. The number of thiophene rings is 1. The van der Waals surface area contributed by atoms with Crippen LogP contribution in [0.1, 0.15) is 33.3 Å². The Hall–Kier alpha value is -3.24. The van der Waals surface area contributed by atoms with Crippen LogP contribution in [0, 0.1) is 0 Å². The van der Waals surface area contributed by atoms with Crippen LogP contribution >= 0.6 is 11.3 Å². The third-order valence-corrected chi connectivity index (χ3v) is 7.76. The topological polar surface area (TPSA) is 107 Å². The summed E-state index contributed by atoms with van der Waals surface area (Å²) in [6.07, 6.45) is 6.61. The van der Waals surface area contributed by atoms with Crippen LogP contribution in [0.3, 0.4) is 0 Å². The number of amides is 1. The molecular weight excluding hydrogens is 450 g/mol. The molecule has 0 bridgehead atoms. The fourth-order valence-electron chi connectivity index (χ4n) is 3.40. The van der Waals surface area contributed by atoms with E-state index < -0.39 is 21.7 Å². The van der Waals surface area contributed by atoms with E-state index in [9.17, 15) is 18.0 Å². The van der Waals surface area contributed by atoms with Crippen molar-refractivity contribution in [3.05, 3.63) is 70.4 Å². The normalized spacial score (nSPS) is 14.8. The number of carbonyl (C=O) groups is 2. The van der Waals surface area contributed by atoms with Crippen molar-refractivity contribution in [1.29, 1.82) is 0 Å². The average molecular weight is 472 g/mol. The minimum atomic E-state index is -3.21. The lowest BCUT2D eigenvalue weighted by Gasteiger charge is -2.13. The van der Waals surface area contributed by atoms with E-state index in [1.54, 1.807) is 30.1 Å². The van der Waals surface area contributed by atoms with Crippen molar-refractivity contribution < 1.29 is 22.7 Å². The molecule has 0 atom stereocenters. The van der Waals surface area contributed by atoms with Crippen LogP contribution in [0.15, 0.2) is 48.8 Å². The molecule has 0 radical (unpaired) electrons. The Morgan fingerprint density at radius 3 is 2.81 bits per heavy atom. The SMILES string of the molecule is CCOC(=O)c1c(NC(=O)/C=C/c2cnn(-c3ccccc3)c2)sc2c1CCS(=O)(=O)C2. The van der Waals surface area contributed by atoms with Crippen LogP contribution in [0.4, 0.5) is 5.00 Å². The van der Waals surface area contributed by atoms with Crippen molar-refractivity contribution in [2.45, 2.75) is 19.1 Å². The van der Waals surface area contributed by atoms with Gasteiger partial charge >= 0.3 is 5.97 Å². The van der Waals surface area contributed by atoms with Gasteiger partial charge in [0.25, 0.3) is 0 Å². The monoisotopic (exact) mass is 471 g/mol. The molecule has 166 valence electrons. The molecule has 1 N–H and O–H groups in total. The number of ether oxygens (including phenoxy) is 1. The molecule has 3 aromatic rings. The number of nitrogens with zero attached hydrogens (tertiary/aromatic N) is 2. The van der Waals surface area contributed by atoms with E-state index in [2.05, 4.69) is 10.4 Å². The smallest absolute Gasteiger partial charge is 0.341 e. The highest BCUT2D eigenvalue weighted by molar-refractivity contribution is 7.90. The number of para-hydroxylation sites is 1. The molecule has 0 spiro atoms. The van der Waals surface area contributed by atoms with Crippen molar-refractivity contribution in [2.75, 3.05) is 17.7 Å². The Balaban J connectivity index is 1.53. The summed E-state index contributed by atoms with van der Waals surface area (Å²) in [6.45, 7) is 1.87. The predicted octanol–water partition coefficient (Wildman–Crippen LogP) is 3.23. The zero-order chi connectivity index (χ0) is 22.7. The molecule has 4 rings (SSSR count). The Kier molecular flexibility index (Phi) is 6.24. The van der Waals surface area contributed by atoms with E-state index in [-0.39, 0.29) is 30.1 Å². The molecule has 1 aliphatic rings. The zero-order valence-corrected chi connectivity index (χ0v) is 18.9. The number of rotatable bonds is 6. The second-order valence-electron chi connectivity index (χ2n) is 7.15. The van der Waals surface area contributed by atoms with E-state index in [1.807, 2.05) is 30.3 Å². The van der Waals surface area contributed by atoms with Gasteiger partial charge in [0.05, 0.1) is 35.6 Å². The molecule has 10 heteroatoms. The number of hydrogen-bond acceptors (Lipinski definition) is 7. The van der Waals surface area contributed by atoms with E-state index in [0.29, 0.717) is 15.4 Å². The Bertz CT molecular complexity index is 1290. The van der Waals surface area contributed by atoms with Gasteiger partial charge in [0.15, 0.2) is 9.84 Å². The van der Waals surface area contributed by atoms with Crippen molar-refractivity contribution in [3.63, 3.8) is 0 Å². The number of esters is 1. The number of fused-ring (bicyclic) bond motifs is 1. The molecule has 1 aliphatic heterocycles. The molecule has 0 saturated heterocycles. The molecule has 2 aromatic heterocycles. The Morgan fingerprint density at radius 1 is 1.28 bits per heavy atom. The van der Waals surface area contributed by atoms with Crippen molar-refractivity contribution in [2.24, 2.45) is 0 Å². The zero-order valence-electron chi connectivity index (χ0n) is 17.3. The maximum atomic E-state index is 12.5.